The Morgan fingerprint density at radius 2 is 2.00 bits per heavy atom. The highest BCUT2D eigenvalue weighted by Crippen LogP contribution is 2.29. The lowest BCUT2D eigenvalue weighted by atomic mass is 10.1. The Labute approximate surface area is 105 Å². The van der Waals surface area contributed by atoms with Crippen LogP contribution in [0.4, 0.5) is 0 Å². The van der Waals surface area contributed by atoms with Crippen LogP contribution in [0, 0.1) is 0 Å². The standard InChI is InChI=1S/C15H13NO2/c17-15(12-4-2-1-3-5-12)16-9-11-6-7-14-13(8-11)10-18-14/h1-8H,9-10H2,(H,16,17). The average molecular weight is 239 g/mol. The summed E-state index contributed by atoms with van der Waals surface area (Å²) >= 11 is 0. The first-order valence-electron chi connectivity index (χ1n) is 5.91. The molecule has 0 fully saturated rings. The SMILES string of the molecule is O=C(NCc1ccc2c(c1)CO2)c1ccccc1. The van der Waals surface area contributed by atoms with Crippen LogP contribution in [0.15, 0.2) is 48.5 Å². The summed E-state index contributed by atoms with van der Waals surface area (Å²) in [6, 6.07) is 15.2. The molecule has 90 valence electrons. The highest BCUT2D eigenvalue weighted by atomic mass is 16.5. The fraction of sp³-hybridized carbons (Fsp3) is 0.133. The quantitative estimate of drug-likeness (QED) is 0.893. The number of carbonyl (C=O) groups excluding carboxylic acids is 1. The molecule has 2 aromatic rings. The summed E-state index contributed by atoms with van der Waals surface area (Å²) in [7, 11) is 0. The van der Waals surface area contributed by atoms with Crippen molar-refractivity contribution in [2.45, 2.75) is 13.2 Å². The van der Waals surface area contributed by atoms with Crippen LogP contribution in [0.2, 0.25) is 0 Å². The second-order valence-corrected chi connectivity index (χ2v) is 4.28. The summed E-state index contributed by atoms with van der Waals surface area (Å²) in [5, 5.41) is 2.91. The van der Waals surface area contributed by atoms with Gasteiger partial charge in [-0.05, 0) is 29.8 Å². The van der Waals surface area contributed by atoms with Gasteiger partial charge < -0.3 is 10.1 Å². The van der Waals surface area contributed by atoms with Gasteiger partial charge >= 0.3 is 0 Å². The molecule has 18 heavy (non-hydrogen) atoms. The lowest BCUT2D eigenvalue weighted by Gasteiger charge is -2.20. The number of hydrogen-bond donors (Lipinski definition) is 1. The summed E-state index contributed by atoms with van der Waals surface area (Å²) in [5.74, 6) is 0.905. The fourth-order valence-corrected chi connectivity index (χ4v) is 1.95. The number of benzene rings is 2. The second kappa shape index (κ2) is 4.53. The first-order valence-corrected chi connectivity index (χ1v) is 5.91. The zero-order valence-electron chi connectivity index (χ0n) is 9.85. The molecule has 3 nitrogen and oxygen atoms in total. The fourth-order valence-electron chi connectivity index (χ4n) is 1.95. The molecule has 1 heterocycles. The van der Waals surface area contributed by atoms with Gasteiger partial charge in [0, 0.05) is 17.7 Å². The van der Waals surface area contributed by atoms with Crippen LogP contribution < -0.4 is 10.1 Å². The maximum atomic E-state index is 11.8. The van der Waals surface area contributed by atoms with Crippen LogP contribution in [-0.4, -0.2) is 5.91 Å². The van der Waals surface area contributed by atoms with E-state index in [4.69, 9.17) is 4.74 Å². The van der Waals surface area contributed by atoms with E-state index in [0.29, 0.717) is 18.7 Å². The number of rotatable bonds is 3. The van der Waals surface area contributed by atoms with Crippen molar-refractivity contribution in [1.82, 2.24) is 5.32 Å². The van der Waals surface area contributed by atoms with Gasteiger partial charge in [-0.2, -0.15) is 0 Å². The first-order chi connectivity index (χ1) is 8.83. The number of carbonyl (C=O) groups is 1. The largest absolute Gasteiger partial charge is 0.488 e. The molecule has 0 unspecified atom stereocenters. The van der Waals surface area contributed by atoms with E-state index in [9.17, 15) is 4.79 Å². The first kappa shape index (κ1) is 10.8. The number of hydrogen-bond acceptors (Lipinski definition) is 2. The Hall–Kier alpha value is -2.29. The van der Waals surface area contributed by atoms with E-state index < -0.39 is 0 Å². The molecular weight excluding hydrogens is 226 g/mol. The molecule has 0 bridgehead atoms. The summed E-state index contributed by atoms with van der Waals surface area (Å²) in [4.78, 5) is 11.8. The molecule has 3 rings (SSSR count). The van der Waals surface area contributed by atoms with E-state index >= 15 is 0 Å². The lowest BCUT2D eigenvalue weighted by molar-refractivity contribution is 0.0951. The number of amides is 1. The van der Waals surface area contributed by atoms with Crippen LogP contribution in [0.3, 0.4) is 0 Å². The summed E-state index contributed by atoms with van der Waals surface area (Å²) in [5.41, 5.74) is 2.99. The van der Waals surface area contributed by atoms with Crippen LogP contribution in [0.25, 0.3) is 0 Å². The van der Waals surface area contributed by atoms with Crippen molar-refractivity contribution in [3.8, 4) is 5.75 Å². The topological polar surface area (TPSA) is 38.3 Å². The molecule has 1 amide bonds. The maximum absolute atomic E-state index is 11.8. The van der Waals surface area contributed by atoms with E-state index in [1.807, 2.05) is 30.3 Å². The molecule has 1 aliphatic heterocycles. The van der Waals surface area contributed by atoms with Crippen LogP contribution in [0.5, 0.6) is 5.75 Å². The van der Waals surface area contributed by atoms with Gasteiger partial charge in [0.25, 0.3) is 5.91 Å². The summed E-state index contributed by atoms with van der Waals surface area (Å²) < 4.78 is 5.24. The summed E-state index contributed by atoms with van der Waals surface area (Å²) in [6.07, 6.45) is 0. The van der Waals surface area contributed by atoms with Crippen LogP contribution in [-0.2, 0) is 13.2 Å². The average Bonchev–Trinajstić information content (AvgIpc) is 2.39. The van der Waals surface area contributed by atoms with Gasteiger partial charge in [0.05, 0.1) is 0 Å². The van der Waals surface area contributed by atoms with Gasteiger partial charge in [-0.25, -0.2) is 0 Å². The van der Waals surface area contributed by atoms with Crippen molar-refractivity contribution in [1.29, 1.82) is 0 Å². The van der Waals surface area contributed by atoms with Crippen molar-refractivity contribution in [2.24, 2.45) is 0 Å². The van der Waals surface area contributed by atoms with Crippen molar-refractivity contribution >= 4 is 5.91 Å². The second-order valence-electron chi connectivity index (χ2n) is 4.28. The molecule has 0 saturated carbocycles. The van der Waals surface area contributed by atoms with Crippen molar-refractivity contribution in [3.63, 3.8) is 0 Å². The minimum atomic E-state index is -0.0467. The minimum Gasteiger partial charge on any atom is -0.488 e. The molecule has 0 atom stereocenters. The Kier molecular flexibility index (Phi) is 2.73. The Balaban J connectivity index is 1.64. The Morgan fingerprint density at radius 3 is 2.67 bits per heavy atom. The van der Waals surface area contributed by atoms with E-state index in [1.165, 1.54) is 5.56 Å². The molecule has 0 saturated heterocycles. The van der Waals surface area contributed by atoms with E-state index in [1.54, 1.807) is 12.1 Å². The maximum Gasteiger partial charge on any atom is 0.251 e. The molecule has 0 aromatic heterocycles. The van der Waals surface area contributed by atoms with E-state index in [0.717, 1.165) is 11.3 Å². The third-order valence-corrected chi connectivity index (χ3v) is 3.00. The zero-order valence-corrected chi connectivity index (χ0v) is 9.85. The van der Waals surface area contributed by atoms with Crippen molar-refractivity contribution in [3.05, 3.63) is 65.2 Å². The molecule has 0 spiro atoms. The highest BCUT2D eigenvalue weighted by molar-refractivity contribution is 5.94. The highest BCUT2D eigenvalue weighted by Gasteiger charge is 2.14. The number of nitrogens with one attached hydrogen (secondary N) is 1. The molecule has 1 N–H and O–H groups in total. The van der Waals surface area contributed by atoms with Gasteiger partial charge in [-0.3, -0.25) is 4.79 Å². The summed E-state index contributed by atoms with van der Waals surface area (Å²) in [6.45, 7) is 1.22. The predicted octanol–water partition coefficient (Wildman–Crippen LogP) is 2.51. The third kappa shape index (κ3) is 2.07. The molecule has 3 heteroatoms. The van der Waals surface area contributed by atoms with Crippen molar-refractivity contribution < 1.29 is 9.53 Å². The van der Waals surface area contributed by atoms with Gasteiger partial charge in [-0.15, -0.1) is 0 Å². The monoisotopic (exact) mass is 239 g/mol. The van der Waals surface area contributed by atoms with E-state index in [2.05, 4.69) is 11.4 Å². The lowest BCUT2D eigenvalue weighted by Crippen LogP contribution is -2.23. The minimum absolute atomic E-state index is 0.0467. The Bertz CT molecular complexity index is 578. The normalized spacial score (nSPS) is 12.0. The number of fused-ring (bicyclic) bond motifs is 1. The Morgan fingerprint density at radius 1 is 1.17 bits per heavy atom. The molecular formula is C15H13NO2. The molecule has 2 aromatic carbocycles. The smallest absolute Gasteiger partial charge is 0.251 e. The number of ether oxygens (including phenoxy) is 1. The van der Waals surface area contributed by atoms with Gasteiger partial charge in [0.15, 0.2) is 0 Å². The van der Waals surface area contributed by atoms with Crippen LogP contribution in [0.1, 0.15) is 21.5 Å². The molecule has 1 aliphatic rings. The zero-order chi connectivity index (χ0) is 12.4. The van der Waals surface area contributed by atoms with Crippen LogP contribution >= 0.6 is 0 Å². The molecule has 0 aliphatic carbocycles. The van der Waals surface area contributed by atoms with Crippen molar-refractivity contribution in [2.75, 3.05) is 0 Å². The molecule has 0 radical (unpaired) electrons. The predicted molar refractivity (Wildman–Crippen MR) is 68.4 cm³/mol. The van der Waals surface area contributed by atoms with Gasteiger partial charge in [-0.1, -0.05) is 24.3 Å². The third-order valence-electron chi connectivity index (χ3n) is 3.00. The van der Waals surface area contributed by atoms with Gasteiger partial charge in [0.2, 0.25) is 0 Å². The van der Waals surface area contributed by atoms with E-state index in [-0.39, 0.29) is 5.91 Å². The van der Waals surface area contributed by atoms with Gasteiger partial charge in [0.1, 0.15) is 12.4 Å².